The van der Waals surface area contributed by atoms with Crippen LogP contribution in [-0.4, -0.2) is 34.5 Å². The molecule has 0 saturated carbocycles. The third kappa shape index (κ3) is 4.23. The van der Waals surface area contributed by atoms with Crippen LogP contribution in [0.2, 0.25) is 0 Å². The number of carbonyl (C=O) groups is 1. The molecule has 0 fully saturated rings. The Morgan fingerprint density at radius 1 is 1.14 bits per heavy atom. The molecule has 0 bridgehead atoms. The van der Waals surface area contributed by atoms with Gasteiger partial charge >= 0.3 is 6.03 Å². The Morgan fingerprint density at radius 2 is 1.97 bits per heavy atom. The van der Waals surface area contributed by atoms with Gasteiger partial charge in [-0.25, -0.2) is 4.79 Å². The minimum atomic E-state index is -0.263. The van der Waals surface area contributed by atoms with Crippen molar-refractivity contribution >= 4 is 11.7 Å². The van der Waals surface area contributed by atoms with Crippen molar-refractivity contribution in [2.45, 2.75) is 32.2 Å². The Morgan fingerprint density at radius 3 is 2.79 bits per heavy atom. The van der Waals surface area contributed by atoms with Gasteiger partial charge in [0.2, 0.25) is 0 Å². The number of urea groups is 1. The zero-order chi connectivity index (χ0) is 20.1. The number of para-hydroxylation sites is 2. The maximum absolute atomic E-state index is 12.3. The summed E-state index contributed by atoms with van der Waals surface area (Å²) >= 11 is 0. The molecule has 1 aromatic carbocycles. The van der Waals surface area contributed by atoms with Gasteiger partial charge in [0.15, 0.2) is 0 Å². The topological polar surface area (TPSA) is 81.1 Å². The average molecular weight is 391 g/mol. The van der Waals surface area contributed by atoms with Gasteiger partial charge < -0.3 is 15.4 Å². The molecule has 0 aliphatic heterocycles. The van der Waals surface area contributed by atoms with E-state index in [0.717, 1.165) is 24.2 Å². The van der Waals surface area contributed by atoms with Gasteiger partial charge in [0.25, 0.3) is 0 Å². The van der Waals surface area contributed by atoms with E-state index in [1.807, 2.05) is 41.1 Å². The number of anilines is 1. The zero-order valence-electron chi connectivity index (χ0n) is 16.5. The first-order chi connectivity index (χ1) is 14.3. The van der Waals surface area contributed by atoms with E-state index in [2.05, 4.69) is 15.6 Å². The Labute approximate surface area is 170 Å². The van der Waals surface area contributed by atoms with Crippen molar-refractivity contribution in [3.05, 3.63) is 59.9 Å². The summed E-state index contributed by atoms with van der Waals surface area (Å²) in [7, 11) is 1.58. The fourth-order valence-electron chi connectivity index (χ4n) is 3.75. The molecule has 1 aliphatic carbocycles. The molecule has 0 atom stereocenters. The second kappa shape index (κ2) is 8.77. The van der Waals surface area contributed by atoms with Crippen molar-refractivity contribution in [2.75, 3.05) is 19.0 Å². The van der Waals surface area contributed by atoms with Crippen molar-refractivity contribution in [3.63, 3.8) is 0 Å². The molecule has 2 heterocycles. The molecule has 2 aromatic heterocycles. The number of fused-ring (bicyclic) bond motifs is 1. The van der Waals surface area contributed by atoms with Crippen LogP contribution in [0.4, 0.5) is 10.5 Å². The van der Waals surface area contributed by atoms with Gasteiger partial charge in [0.05, 0.1) is 25.0 Å². The van der Waals surface area contributed by atoms with Crippen LogP contribution < -0.4 is 15.4 Å². The highest BCUT2D eigenvalue weighted by atomic mass is 16.5. The molecule has 4 rings (SSSR count). The smallest absolute Gasteiger partial charge is 0.319 e. The van der Waals surface area contributed by atoms with E-state index in [4.69, 9.17) is 9.84 Å². The second-order valence-electron chi connectivity index (χ2n) is 7.00. The minimum Gasteiger partial charge on any atom is -0.495 e. The van der Waals surface area contributed by atoms with E-state index in [1.165, 1.54) is 24.1 Å². The van der Waals surface area contributed by atoms with Crippen molar-refractivity contribution < 1.29 is 9.53 Å². The van der Waals surface area contributed by atoms with Crippen molar-refractivity contribution in [2.24, 2.45) is 0 Å². The zero-order valence-corrected chi connectivity index (χ0v) is 16.5. The number of hydrogen-bond donors (Lipinski definition) is 2. The molecular weight excluding hydrogens is 366 g/mol. The van der Waals surface area contributed by atoms with Gasteiger partial charge in [0, 0.05) is 24.0 Å². The number of ether oxygens (including phenoxy) is 1. The number of benzene rings is 1. The molecule has 0 radical (unpaired) electrons. The number of nitrogens with zero attached hydrogens (tertiary/aromatic N) is 3. The number of amides is 2. The lowest BCUT2D eigenvalue weighted by molar-refractivity contribution is 0.251. The third-order valence-electron chi connectivity index (χ3n) is 5.13. The first-order valence-electron chi connectivity index (χ1n) is 9.94. The lowest BCUT2D eigenvalue weighted by Crippen LogP contribution is -2.32. The SMILES string of the molecule is COc1ccccc1NC(=O)NCCn1nc(-c2ccccn2)c2c1CCCC2. The van der Waals surface area contributed by atoms with Crippen LogP contribution in [0.15, 0.2) is 48.7 Å². The quantitative estimate of drug-likeness (QED) is 0.672. The molecule has 2 amide bonds. The van der Waals surface area contributed by atoms with Crippen LogP contribution in [0.3, 0.4) is 0 Å². The van der Waals surface area contributed by atoms with Gasteiger partial charge in [-0.05, 0) is 49.9 Å². The predicted octanol–water partition coefficient (Wildman–Crippen LogP) is 3.65. The monoisotopic (exact) mass is 391 g/mol. The number of pyridine rings is 1. The number of nitrogens with one attached hydrogen (secondary N) is 2. The summed E-state index contributed by atoms with van der Waals surface area (Å²) in [5.74, 6) is 0.629. The Kier molecular flexibility index (Phi) is 5.74. The first-order valence-corrected chi connectivity index (χ1v) is 9.94. The highest BCUT2D eigenvalue weighted by Gasteiger charge is 2.22. The molecule has 29 heavy (non-hydrogen) atoms. The standard InChI is InChI=1S/C22H25N5O2/c1-29-20-12-5-3-9-17(20)25-22(28)24-14-15-27-19-11-4-2-8-16(19)21(26-27)18-10-6-7-13-23-18/h3,5-7,9-10,12-13H,2,4,8,11,14-15H2,1H3,(H2,24,25,28). The van der Waals surface area contributed by atoms with Crippen molar-refractivity contribution in [3.8, 4) is 17.1 Å². The lowest BCUT2D eigenvalue weighted by Gasteiger charge is -2.15. The molecule has 1 aliphatic rings. The second-order valence-corrected chi connectivity index (χ2v) is 7.00. The van der Waals surface area contributed by atoms with E-state index in [9.17, 15) is 4.79 Å². The molecule has 2 N–H and O–H groups in total. The first kappa shape index (κ1) is 19.0. The number of hydrogen-bond acceptors (Lipinski definition) is 4. The van der Waals surface area contributed by atoms with Gasteiger partial charge in [-0.15, -0.1) is 0 Å². The Bertz CT molecular complexity index is 984. The van der Waals surface area contributed by atoms with Gasteiger partial charge in [-0.2, -0.15) is 5.10 Å². The molecule has 150 valence electrons. The van der Waals surface area contributed by atoms with Gasteiger partial charge in [0.1, 0.15) is 11.4 Å². The van der Waals surface area contributed by atoms with Crippen molar-refractivity contribution in [1.82, 2.24) is 20.1 Å². The number of aromatic nitrogens is 3. The normalized spacial score (nSPS) is 12.9. The summed E-state index contributed by atoms with van der Waals surface area (Å²) in [5.41, 5.74) is 5.09. The van der Waals surface area contributed by atoms with Crippen LogP contribution >= 0.6 is 0 Å². The highest BCUT2D eigenvalue weighted by Crippen LogP contribution is 2.30. The van der Waals surface area contributed by atoms with E-state index >= 15 is 0 Å². The van der Waals surface area contributed by atoms with Crippen LogP contribution in [0.1, 0.15) is 24.1 Å². The van der Waals surface area contributed by atoms with Crippen LogP contribution in [0.5, 0.6) is 5.75 Å². The number of methoxy groups -OCH3 is 1. The van der Waals surface area contributed by atoms with E-state index in [0.29, 0.717) is 24.5 Å². The van der Waals surface area contributed by atoms with Crippen molar-refractivity contribution in [1.29, 1.82) is 0 Å². The molecule has 0 saturated heterocycles. The molecule has 0 unspecified atom stereocenters. The summed E-state index contributed by atoms with van der Waals surface area (Å²) in [6, 6.07) is 13.0. The van der Waals surface area contributed by atoms with Crippen LogP contribution in [0.25, 0.3) is 11.4 Å². The maximum atomic E-state index is 12.3. The van der Waals surface area contributed by atoms with E-state index < -0.39 is 0 Å². The molecule has 3 aromatic rings. The van der Waals surface area contributed by atoms with E-state index in [1.54, 1.807) is 19.4 Å². The highest BCUT2D eigenvalue weighted by molar-refractivity contribution is 5.90. The number of carbonyl (C=O) groups excluding carboxylic acids is 1. The summed E-state index contributed by atoms with van der Waals surface area (Å²) < 4.78 is 7.29. The molecular formula is C22H25N5O2. The summed E-state index contributed by atoms with van der Waals surface area (Å²) in [4.78, 5) is 16.7. The Balaban J connectivity index is 1.42. The predicted molar refractivity (Wildman–Crippen MR) is 112 cm³/mol. The summed E-state index contributed by atoms with van der Waals surface area (Å²) in [6.07, 6.45) is 6.19. The average Bonchev–Trinajstić information content (AvgIpc) is 3.13. The Hall–Kier alpha value is -3.35. The largest absolute Gasteiger partial charge is 0.495 e. The van der Waals surface area contributed by atoms with Gasteiger partial charge in [-0.1, -0.05) is 18.2 Å². The number of rotatable bonds is 6. The summed E-state index contributed by atoms with van der Waals surface area (Å²) in [5, 5.41) is 10.6. The molecule has 0 spiro atoms. The molecule has 7 heteroatoms. The minimum absolute atomic E-state index is 0.263. The maximum Gasteiger partial charge on any atom is 0.319 e. The lowest BCUT2D eigenvalue weighted by atomic mass is 9.95. The van der Waals surface area contributed by atoms with Crippen LogP contribution in [-0.2, 0) is 19.4 Å². The summed E-state index contributed by atoms with van der Waals surface area (Å²) in [6.45, 7) is 1.10. The third-order valence-corrected chi connectivity index (χ3v) is 5.13. The molecule has 7 nitrogen and oxygen atoms in total. The fraction of sp³-hybridized carbons (Fsp3) is 0.318. The van der Waals surface area contributed by atoms with Gasteiger partial charge in [-0.3, -0.25) is 9.67 Å². The fourth-order valence-corrected chi connectivity index (χ4v) is 3.75. The van der Waals surface area contributed by atoms with E-state index in [-0.39, 0.29) is 6.03 Å². The van der Waals surface area contributed by atoms with Crippen LogP contribution in [0, 0.1) is 0 Å².